The number of aromatic amines is 1. The molecule has 0 atom stereocenters. The highest BCUT2D eigenvalue weighted by molar-refractivity contribution is 5.26. The molecule has 2 heterocycles. The average molecular weight is 290 g/mol. The van der Waals surface area contributed by atoms with Crippen molar-refractivity contribution in [3.05, 3.63) is 33.7 Å². The zero-order valence-electron chi connectivity index (χ0n) is 11.2. The molecule has 1 saturated heterocycles. The van der Waals surface area contributed by atoms with Crippen LogP contribution in [-0.2, 0) is 17.3 Å². The van der Waals surface area contributed by atoms with Gasteiger partial charge in [-0.1, -0.05) is 0 Å². The van der Waals surface area contributed by atoms with Crippen LogP contribution in [0.3, 0.4) is 0 Å². The number of hydrogen-bond acceptors (Lipinski definition) is 3. The molecule has 0 spiro atoms. The number of nitrogens with zero attached hydrogens (tertiary/aromatic N) is 1. The summed E-state index contributed by atoms with van der Waals surface area (Å²) in [4.78, 5) is 15.4. The predicted octanol–water partition coefficient (Wildman–Crippen LogP) is 1.66. The maximum Gasteiger partial charge on any atom is 0.416 e. The topological polar surface area (TPSA) is 45.3 Å². The minimum atomic E-state index is -4.49. The third-order valence-electron chi connectivity index (χ3n) is 3.34. The first-order chi connectivity index (χ1) is 9.40. The SMILES string of the molecule is CCOC1CN(CCc2c[nH]c(=O)cc2C(F)(F)F)C1. The summed E-state index contributed by atoms with van der Waals surface area (Å²) < 4.78 is 43.9. The smallest absolute Gasteiger partial charge is 0.376 e. The quantitative estimate of drug-likeness (QED) is 0.897. The van der Waals surface area contributed by atoms with Crippen molar-refractivity contribution >= 4 is 0 Å². The first-order valence-corrected chi connectivity index (χ1v) is 6.53. The summed E-state index contributed by atoms with van der Waals surface area (Å²) in [7, 11) is 0. The van der Waals surface area contributed by atoms with Crippen LogP contribution < -0.4 is 5.56 Å². The van der Waals surface area contributed by atoms with Crippen LogP contribution in [0.15, 0.2) is 17.1 Å². The Morgan fingerprint density at radius 1 is 1.45 bits per heavy atom. The fraction of sp³-hybridized carbons (Fsp3) is 0.615. The van der Waals surface area contributed by atoms with Crippen LogP contribution in [0.25, 0.3) is 0 Å². The molecule has 1 fully saturated rings. The second-order valence-electron chi connectivity index (χ2n) is 4.82. The summed E-state index contributed by atoms with van der Waals surface area (Å²) in [5.74, 6) is 0. The first-order valence-electron chi connectivity index (χ1n) is 6.53. The number of hydrogen-bond donors (Lipinski definition) is 1. The van der Waals surface area contributed by atoms with E-state index in [2.05, 4.69) is 4.98 Å². The molecule has 1 N–H and O–H groups in total. The molecule has 1 aliphatic heterocycles. The Labute approximate surface area is 114 Å². The number of ether oxygens (including phenoxy) is 1. The summed E-state index contributed by atoms with van der Waals surface area (Å²) in [6.45, 7) is 4.59. The fourth-order valence-corrected chi connectivity index (χ4v) is 2.30. The minimum Gasteiger partial charge on any atom is -0.376 e. The maximum atomic E-state index is 12.8. The highest BCUT2D eigenvalue weighted by Gasteiger charge is 2.34. The molecular weight excluding hydrogens is 273 g/mol. The van der Waals surface area contributed by atoms with E-state index in [0.717, 1.165) is 19.3 Å². The minimum absolute atomic E-state index is 0.122. The van der Waals surface area contributed by atoms with Gasteiger partial charge >= 0.3 is 6.18 Å². The van der Waals surface area contributed by atoms with Crippen LogP contribution in [0.4, 0.5) is 13.2 Å². The van der Waals surface area contributed by atoms with Gasteiger partial charge in [0.1, 0.15) is 0 Å². The number of pyridine rings is 1. The van der Waals surface area contributed by atoms with Crippen LogP contribution >= 0.6 is 0 Å². The van der Waals surface area contributed by atoms with E-state index >= 15 is 0 Å². The van der Waals surface area contributed by atoms with Crippen molar-refractivity contribution in [2.75, 3.05) is 26.2 Å². The second kappa shape index (κ2) is 5.97. The van der Waals surface area contributed by atoms with Gasteiger partial charge in [0.05, 0.1) is 11.7 Å². The lowest BCUT2D eigenvalue weighted by Gasteiger charge is -2.38. The normalized spacial score (nSPS) is 17.2. The van der Waals surface area contributed by atoms with Crippen molar-refractivity contribution in [2.45, 2.75) is 25.6 Å². The molecule has 7 heteroatoms. The van der Waals surface area contributed by atoms with Crippen molar-refractivity contribution in [1.29, 1.82) is 0 Å². The van der Waals surface area contributed by atoms with E-state index in [0.29, 0.717) is 19.2 Å². The molecule has 1 aromatic rings. The molecule has 1 aromatic heterocycles. The van der Waals surface area contributed by atoms with Gasteiger partial charge < -0.3 is 9.72 Å². The van der Waals surface area contributed by atoms with Crippen LogP contribution in [0.5, 0.6) is 0 Å². The predicted molar refractivity (Wildman–Crippen MR) is 67.6 cm³/mol. The van der Waals surface area contributed by atoms with Crippen LogP contribution in [0, 0.1) is 0 Å². The lowest BCUT2D eigenvalue weighted by molar-refractivity contribution is -0.138. The average Bonchev–Trinajstić information content (AvgIpc) is 2.32. The van der Waals surface area contributed by atoms with Crippen molar-refractivity contribution in [3.8, 4) is 0 Å². The third kappa shape index (κ3) is 3.61. The van der Waals surface area contributed by atoms with Gasteiger partial charge in [0.2, 0.25) is 5.56 Å². The van der Waals surface area contributed by atoms with Gasteiger partial charge in [0.25, 0.3) is 0 Å². The number of nitrogens with one attached hydrogen (secondary N) is 1. The molecule has 0 saturated carbocycles. The Kier molecular flexibility index (Phi) is 4.49. The van der Waals surface area contributed by atoms with Gasteiger partial charge in [-0.05, 0) is 18.9 Å². The molecule has 0 aliphatic carbocycles. The third-order valence-corrected chi connectivity index (χ3v) is 3.34. The number of H-pyrrole nitrogens is 1. The van der Waals surface area contributed by atoms with E-state index in [1.54, 1.807) is 0 Å². The van der Waals surface area contributed by atoms with Crippen molar-refractivity contribution in [1.82, 2.24) is 9.88 Å². The van der Waals surface area contributed by atoms with E-state index in [1.165, 1.54) is 0 Å². The van der Waals surface area contributed by atoms with E-state index in [4.69, 9.17) is 4.74 Å². The van der Waals surface area contributed by atoms with Gasteiger partial charge in [-0.2, -0.15) is 13.2 Å². The van der Waals surface area contributed by atoms with Gasteiger partial charge in [0.15, 0.2) is 0 Å². The highest BCUT2D eigenvalue weighted by atomic mass is 19.4. The van der Waals surface area contributed by atoms with Crippen LogP contribution in [0.1, 0.15) is 18.1 Å². The lowest BCUT2D eigenvalue weighted by atomic mass is 10.0. The Morgan fingerprint density at radius 3 is 2.75 bits per heavy atom. The summed E-state index contributed by atoms with van der Waals surface area (Å²) in [5.41, 5.74) is -1.46. The summed E-state index contributed by atoms with van der Waals surface area (Å²) in [6.07, 6.45) is -2.89. The van der Waals surface area contributed by atoms with E-state index in [9.17, 15) is 18.0 Å². The Balaban J connectivity index is 1.95. The molecule has 1 aliphatic rings. The molecular formula is C13H17F3N2O2. The summed E-state index contributed by atoms with van der Waals surface area (Å²) in [5, 5.41) is 0. The molecule has 0 bridgehead atoms. The molecule has 0 aromatic carbocycles. The molecule has 4 nitrogen and oxygen atoms in total. The molecule has 2 rings (SSSR count). The Bertz CT molecular complexity index is 507. The standard InChI is InChI=1S/C13H17F3N2O2/c1-2-20-10-7-18(8-10)4-3-9-6-17-12(19)5-11(9)13(14,15)16/h5-6,10H,2-4,7-8H2,1H3,(H,17,19). The number of halogens is 3. The highest BCUT2D eigenvalue weighted by Crippen LogP contribution is 2.31. The summed E-state index contributed by atoms with van der Waals surface area (Å²) >= 11 is 0. The van der Waals surface area contributed by atoms with Crippen LogP contribution in [-0.4, -0.2) is 42.2 Å². The lowest BCUT2D eigenvalue weighted by Crippen LogP contribution is -2.52. The summed E-state index contributed by atoms with van der Waals surface area (Å²) in [6, 6.07) is 0.619. The number of likely N-dealkylation sites (tertiary alicyclic amines) is 1. The second-order valence-corrected chi connectivity index (χ2v) is 4.82. The fourth-order valence-electron chi connectivity index (χ4n) is 2.30. The number of alkyl halides is 3. The van der Waals surface area contributed by atoms with Gasteiger partial charge in [-0.25, -0.2) is 0 Å². The maximum absolute atomic E-state index is 12.8. The first kappa shape index (κ1) is 15.1. The molecule has 0 radical (unpaired) electrons. The van der Waals surface area contributed by atoms with Crippen molar-refractivity contribution in [2.24, 2.45) is 0 Å². The van der Waals surface area contributed by atoms with E-state index in [1.807, 2.05) is 11.8 Å². The zero-order chi connectivity index (χ0) is 14.8. The molecule has 20 heavy (non-hydrogen) atoms. The van der Waals surface area contributed by atoms with Gasteiger partial charge in [-0.15, -0.1) is 0 Å². The molecule has 0 unspecified atom stereocenters. The number of rotatable bonds is 5. The van der Waals surface area contributed by atoms with Crippen molar-refractivity contribution in [3.63, 3.8) is 0 Å². The Hall–Kier alpha value is -1.34. The molecule has 0 amide bonds. The van der Waals surface area contributed by atoms with Gasteiger partial charge in [0, 0.05) is 38.5 Å². The Morgan fingerprint density at radius 2 is 2.15 bits per heavy atom. The molecule has 112 valence electrons. The van der Waals surface area contributed by atoms with Crippen molar-refractivity contribution < 1.29 is 17.9 Å². The van der Waals surface area contributed by atoms with Crippen LogP contribution in [0.2, 0.25) is 0 Å². The van der Waals surface area contributed by atoms with E-state index < -0.39 is 17.3 Å². The monoisotopic (exact) mass is 290 g/mol. The zero-order valence-corrected chi connectivity index (χ0v) is 11.2. The largest absolute Gasteiger partial charge is 0.416 e. The number of aromatic nitrogens is 1. The van der Waals surface area contributed by atoms with E-state index in [-0.39, 0.29) is 18.1 Å². The van der Waals surface area contributed by atoms with Gasteiger partial charge in [-0.3, -0.25) is 9.69 Å².